The zero-order chi connectivity index (χ0) is 21.6. The van der Waals surface area contributed by atoms with Crippen LogP contribution in [0.1, 0.15) is 30.6 Å². The third kappa shape index (κ3) is 9.02. The molecule has 0 bridgehead atoms. The van der Waals surface area contributed by atoms with Gasteiger partial charge in [-0.1, -0.05) is 12.1 Å². The SMILES string of the molecule is COc1ccc(CN=C(NCCCOCC2CCOCC2)NCCc2ccco2)cc1. The number of guanidine groups is 1. The molecule has 1 fully saturated rings. The van der Waals surface area contributed by atoms with Crippen LogP contribution in [-0.4, -0.2) is 52.6 Å². The van der Waals surface area contributed by atoms with Crippen LogP contribution in [0.5, 0.6) is 5.75 Å². The molecule has 0 spiro atoms. The highest BCUT2D eigenvalue weighted by Crippen LogP contribution is 2.14. The molecule has 1 aliphatic heterocycles. The van der Waals surface area contributed by atoms with Gasteiger partial charge in [0.2, 0.25) is 0 Å². The first-order chi connectivity index (χ1) is 15.3. The van der Waals surface area contributed by atoms with Gasteiger partial charge in [0.1, 0.15) is 11.5 Å². The summed E-state index contributed by atoms with van der Waals surface area (Å²) in [6, 6.07) is 11.9. The van der Waals surface area contributed by atoms with Gasteiger partial charge in [-0.15, -0.1) is 0 Å². The minimum atomic E-state index is 0.598. The Bertz CT molecular complexity index is 741. The van der Waals surface area contributed by atoms with E-state index in [-0.39, 0.29) is 0 Å². The van der Waals surface area contributed by atoms with Crippen molar-refractivity contribution in [1.82, 2.24) is 10.6 Å². The standard InChI is InChI=1S/C24H35N3O4/c1-28-22-7-5-20(6-8-22)18-27-24(26-13-9-23-4-2-15-31-23)25-12-3-14-30-19-21-10-16-29-17-11-21/h2,4-8,15,21H,3,9-14,16-19H2,1H3,(H2,25,26,27). The monoisotopic (exact) mass is 429 g/mol. The van der Waals surface area contributed by atoms with E-state index < -0.39 is 0 Å². The largest absolute Gasteiger partial charge is 0.497 e. The molecule has 170 valence electrons. The minimum absolute atomic E-state index is 0.598. The van der Waals surface area contributed by atoms with Gasteiger partial charge in [-0.05, 0) is 55.0 Å². The summed E-state index contributed by atoms with van der Waals surface area (Å²) in [5.41, 5.74) is 1.13. The van der Waals surface area contributed by atoms with E-state index in [9.17, 15) is 0 Å². The zero-order valence-electron chi connectivity index (χ0n) is 18.5. The molecule has 1 saturated heterocycles. The zero-order valence-corrected chi connectivity index (χ0v) is 18.5. The topological polar surface area (TPSA) is 77.2 Å². The van der Waals surface area contributed by atoms with E-state index in [2.05, 4.69) is 10.6 Å². The fourth-order valence-corrected chi connectivity index (χ4v) is 3.38. The molecule has 2 heterocycles. The summed E-state index contributed by atoms with van der Waals surface area (Å²) in [4.78, 5) is 4.73. The van der Waals surface area contributed by atoms with Crippen molar-refractivity contribution in [3.8, 4) is 5.75 Å². The summed E-state index contributed by atoms with van der Waals surface area (Å²) in [7, 11) is 1.67. The number of hydrogen-bond acceptors (Lipinski definition) is 5. The Morgan fingerprint density at radius 3 is 2.65 bits per heavy atom. The van der Waals surface area contributed by atoms with Gasteiger partial charge in [0, 0.05) is 45.9 Å². The van der Waals surface area contributed by atoms with Gasteiger partial charge in [-0.25, -0.2) is 4.99 Å². The van der Waals surface area contributed by atoms with Crippen LogP contribution >= 0.6 is 0 Å². The maximum Gasteiger partial charge on any atom is 0.191 e. The van der Waals surface area contributed by atoms with Crippen LogP contribution in [0.15, 0.2) is 52.1 Å². The van der Waals surface area contributed by atoms with Gasteiger partial charge in [-0.3, -0.25) is 0 Å². The van der Waals surface area contributed by atoms with E-state index in [1.165, 1.54) is 0 Å². The Morgan fingerprint density at radius 1 is 1.10 bits per heavy atom. The third-order valence-electron chi connectivity index (χ3n) is 5.28. The third-order valence-corrected chi connectivity index (χ3v) is 5.28. The maximum absolute atomic E-state index is 5.86. The number of nitrogens with zero attached hydrogens (tertiary/aromatic N) is 1. The molecule has 31 heavy (non-hydrogen) atoms. The van der Waals surface area contributed by atoms with Crippen LogP contribution in [0.25, 0.3) is 0 Å². The molecular formula is C24H35N3O4. The van der Waals surface area contributed by atoms with Crippen LogP contribution in [0, 0.1) is 5.92 Å². The molecule has 7 heteroatoms. The first-order valence-electron chi connectivity index (χ1n) is 11.2. The number of rotatable bonds is 12. The smallest absolute Gasteiger partial charge is 0.191 e. The van der Waals surface area contributed by atoms with Crippen molar-refractivity contribution < 1.29 is 18.6 Å². The molecule has 3 rings (SSSR count). The molecule has 7 nitrogen and oxygen atoms in total. The van der Waals surface area contributed by atoms with Gasteiger partial charge < -0.3 is 29.3 Å². The number of ether oxygens (including phenoxy) is 3. The van der Waals surface area contributed by atoms with Crippen LogP contribution in [0.2, 0.25) is 0 Å². The van der Waals surface area contributed by atoms with E-state index >= 15 is 0 Å². The van der Waals surface area contributed by atoms with Crippen LogP contribution in [-0.2, 0) is 22.4 Å². The number of hydrogen-bond donors (Lipinski definition) is 2. The Kier molecular flexibility index (Phi) is 10.3. The van der Waals surface area contributed by atoms with Crippen molar-refractivity contribution in [2.24, 2.45) is 10.9 Å². The number of benzene rings is 1. The Hall–Kier alpha value is -2.51. The molecule has 0 radical (unpaired) electrons. The minimum Gasteiger partial charge on any atom is -0.497 e. The molecule has 0 unspecified atom stereocenters. The number of nitrogens with one attached hydrogen (secondary N) is 2. The highest BCUT2D eigenvalue weighted by Gasteiger charge is 2.13. The van der Waals surface area contributed by atoms with E-state index in [1.54, 1.807) is 13.4 Å². The van der Waals surface area contributed by atoms with Crippen molar-refractivity contribution in [2.75, 3.05) is 46.6 Å². The molecule has 1 aliphatic rings. The fraction of sp³-hybridized carbons (Fsp3) is 0.542. The highest BCUT2D eigenvalue weighted by molar-refractivity contribution is 5.79. The summed E-state index contributed by atoms with van der Waals surface area (Å²) in [6.07, 6.45) is 5.67. The number of furan rings is 1. The van der Waals surface area contributed by atoms with Crippen molar-refractivity contribution in [3.63, 3.8) is 0 Å². The second kappa shape index (κ2) is 13.7. The second-order valence-electron chi connectivity index (χ2n) is 7.68. The van der Waals surface area contributed by atoms with Crippen molar-refractivity contribution in [2.45, 2.75) is 32.2 Å². The summed E-state index contributed by atoms with van der Waals surface area (Å²) in [5, 5.41) is 6.81. The predicted molar refractivity (Wildman–Crippen MR) is 122 cm³/mol. The van der Waals surface area contributed by atoms with Crippen LogP contribution in [0.3, 0.4) is 0 Å². The average Bonchev–Trinajstić information content (AvgIpc) is 3.34. The molecule has 0 atom stereocenters. The first kappa shape index (κ1) is 23.2. The second-order valence-corrected chi connectivity index (χ2v) is 7.68. The van der Waals surface area contributed by atoms with Gasteiger partial charge in [-0.2, -0.15) is 0 Å². The van der Waals surface area contributed by atoms with Gasteiger partial charge >= 0.3 is 0 Å². The molecule has 2 aromatic rings. The summed E-state index contributed by atoms with van der Waals surface area (Å²) in [5.74, 6) is 3.25. The van der Waals surface area contributed by atoms with Gasteiger partial charge in [0.05, 0.1) is 19.9 Å². The van der Waals surface area contributed by atoms with Gasteiger partial charge in [0.15, 0.2) is 5.96 Å². The number of methoxy groups -OCH3 is 1. The van der Waals surface area contributed by atoms with Crippen molar-refractivity contribution >= 4 is 5.96 Å². The molecular weight excluding hydrogens is 394 g/mol. The Balaban J connectivity index is 1.40. The van der Waals surface area contributed by atoms with Crippen molar-refractivity contribution in [1.29, 1.82) is 0 Å². The first-order valence-corrected chi connectivity index (χ1v) is 11.2. The molecule has 2 N–H and O–H groups in total. The number of aliphatic imine (C=N–C) groups is 1. The summed E-state index contributed by atoms with van der Waals surface area (Å²) in [6.45, 7) is 5.48. The van der Waals surface area contributed by atoms with Gasteiger partial charge in [0.25, 0.3) is 0 Å². The maximum atomic E-state index is 5.86. The molecule has 0 saturated carbocycles. The summed E-state index contributed by atoms with van der Waals surface area (Å²) < 4.78 is 21.9. The lowest BCUT2D eigenvalue weighted by molar-refractivity contribution is 0.0203. The average molecular weight is 430 g/mol. The lowest BCUT2D eigenvalue weighted by Gasteiger charge is -2.21. The quantitative estimate of drug-likeness (QED) is 0.306. The molecule has 0 aliphatic carbocycles. The lowest BCUT2D eigenvalue weighted by Crippen LogP contribution is -2.39. The lowest BCUT2D eigenvalue weighted by atomic mass is 10.0. The normalized spacial score (nSPS) is 15.1. The molecule has 1 aromatic carbocycles. The highest BCUT2D eigenvalue weighted by atomic mass is 16.5. The fourth-order valence-electron chi connectivity index (χ4n) is 3.38. The predicted octanol–water partition coefficient (Wildman–Crippen LogP) is 3.40. The van der Waals surface area contributed by atoms with E-state index in [4.69, 9.17) is 23.6 Å². The van der Waals surface area contributed by atoms with E-state index in [0.29, 0.717) is 12.5 Å². The van der Waals surface area contributed by atoms with E-state index in [1.807, 2.05) is 36.4 Å². The molecule has 1 aromatic heterocycles. The summed E-state index contributed by atoms with van der Waals surface area (Å²) >= 11 is 0. The Labute approximate surface area is 185 Å². The van der Waals surface area contributed by atoms with Crippen LogP contribution in [0.4, 0.5) is 0 Å². The molecule has 0 amide bonds. The Morgan fingerprint density at radius 2 is 1.90 bits per heavy atom. The van der Waals surface area contributed by atoms with Crippen molar-refractivity contribution in [3.05, 3.63) is 54.0 Å². The van der Waals surface area contributed by atoms with E-state index in [0.717, 1.165) is 88.2 Å². The van der Waals surface area contributed by atoms with Crippen LogP contribution < -0.4 is 15.4 Å².